The van der Waals surface area contributed by atoms with E-state index in [0.29, 0.717) is 6.42 Å². The Morgan fingerprint density at radius 1 is 0.963 bits per heavy atom. The number of aryl methyl sites for hydroxylation is 1. The van der Waals surface area contributed by atoms with E-state index in [1.807, 2.05) is 50.2 Å². The predicted molar refractivity (Wildman–Crippen MR) is 111 cm³/mol. The van der Waals surface area contributed by atoms with Crippen LogP contribution in [0.2, 0.25) is 0 Å². The van der Waals surface area contributed by atoms with E-state index in [2.05, 4.69) is 42.6 Å². The summed E-state index contributed by atoms with van der Waals surface area (Å²) in [5.74, 6) is 0.633. The van der Waals surface area contributed by atoms with Crippen LogP contribution in [0.15, 0.2) is 66.7 Å². The van der Waals surface area contributed by atoms with Gasteiger partial charge in [0.2, 0.25) is 0 Å². The highest BCUT2D eigenvalue weighted by atomic mass is 16.5. The number of hydrogen-bond donors (Lipinski definition) is 1. The summed E-state index contributed by atoms with van der Waals surface area (Å²) in [6, 6.07) is 22.4. The normalized spacial score (nSPS) is 13.1. The smallest absolute Gasteiger partial charge is 0.261 e. The zero-order chi connectivity index (χ0) is 19.2. The van der Waals surface area contributed by atoms with Gasteiger partial charge in [0, 0.05) is 0 Å². The molecular formula is C24H27NO2. The van der Waals surface area contributed by atoms with Crippen LogP contribution in [0.4, 0.5) is 0 Å². The molecule has 2 atom stereocenters. The molecule has 2 unspecified atom stereocenters. The predicted octanol–water partition coefficient (Wildman–Crippen LogP) is 5.44. The molecule has 0 heterocycles. The van der Waals surface area contributed by atoms with E-state index in [1.54, 1.807) is 0 Å². The number of rotatable bonds is 7. The molecule has 3 rings (SSSR count). The average Bonchev–Trinajstić information content (AvgIpc) is 2.71. The summed E-state index contributed by atoms with van der Waals surface area (Å²) in [7, 11) is 0. The molecule has 0 aromatic heterocycles. The molecule has 140 valence electrons. The lowest BCUT2D eigenvalue weighted by molar-refractivity contribution is -0.128. The molecular weight excluding hydrogens is 334 g/mol. The second-order valence-electron chi connectivity index (χ2n) is 6.85. The number of ether oxygens (including phenoxy) is 1. The van der Waals surface area contributed by atoms with Crippen molar-refractivity contribution in [1.29, 1.82) is 0 Å². The molecule has 0 saturated carbocycles. The Labute approximate surface area is 161 Å². The summed E-state index contributed by atoms with van der Waals surface area (Å²) >= 11 is 0. The molecule has 0 aliphatic carbocycles. The van der Waals surface area contributed by atoms with E-state index in [1.165, 1.54) is 5.56 Å². The van der Waals surface area contributed by atoms with E-state index >= 15 is 0 Å². The van der Waals surface area contributed by atoms with Crippen LogP contribution in [0.5, 0.6) is 5.75 Å². The Bertz CT molecular complexity index is 902. The third-order valence-electron chi connectivity index (χ3n) is 4.91. The number of nitrogens with one attached hydrogen (secondary N) is 1. The van der Waals surface area contributed by atoms with Crippen molar-refractivity contribution in [2.45, 2.75) is 45.8 Å². The highest BCUT2D eigenvalue weighted by molar-refractivity contribution is 5.84. The number of benzene rings is 3. The first-order valence-corrected chi connectivity index (χ1v) is 9.65. The van der Waals surface area contributed by atoms with Gasteiger partial charge in [-0.1, -0.05) is 68.4 Å². The fraction of sp³-hybridized carbons (Fsp3) is 0.292. The van der Waals surface area contributed by atoms with Crippen LogP contribution >= 0.6 is 0 Å². The molecule has 0 aliphatic heterocycles. The zero-order valence-electron chi connectivity index (χ0n) is 16.2. The van der Waals surface area contributed by atoms with Crippen molar-refractivity contribution >= 4 is 16.7 Å². The minimum Gasteiger partial charge on any atom is -0.481 e. The first-order valence-electron chi connectivity index (χ1n) is 9.65. The van der Waals surface area contributed by atoms with Gasteiger partial charge in [-0.05, 0) is 53.8 Å². The van der Waals surface area contributed by atoms with Crippen molar-refractivity contribution in [1.82, 2.24) is 5.32 Å². The molecule has 0 spiro atoms. The van der Waals surface area contributed by atoms with E-state index in [-0.39, 0.29) is 11.9 Å². The van der Waals surface area contributed by atoms with Gasteiger partial charge >= 0.3 is 0 Å². The summed E-state index contributed by atoms with van der Waals surface area (Å²) in [5.41, 5.74) is 2.39. The second-order valence-corrected chi connectivity index (χ2v) is 6.85. The zero-order valence-corrected chi connectivity index (χ0v) is 16.2. The van der Waals surface area contributed by atoms with Gasteiger partial charge in [0.25, 0.3) is 5.91 Å². The summed E-state index contributed by atoms with van der Waals surface area (Å²) in [6.45, 7) is 6.10. The van der Waals surface area contributed by atoms with Crippen molar-refractivity contribution in [2.75, 3.05) is 0 Å². The molecule has 3 heteroatoms. The average molecular weight is 361 g/mol. The molecule has 1 N–H and O–H groups in total. The van der Waals surface area contributed by atoms with Crippen LogP contribution in [-0.4, -0.2) is 12.0 Å². The molecule has 0 saturated heterocycles. The van der Waals surface area contributed by atoms with E-state index < -0.39 is 6.10 Å². The lowest BCUT2D eigenvalue weighted by Gasteiger charge is -2.21. The molecule has 27 heavy (non-hydrogen) atoms. The van der Waals surface area contributed by atoms with Gasteiger partial charge in [0.1, 0.15) is 5.75 Å². The monoisotopic (exact) mass is 361 g/mol. The fourth-order valence-corrected chi connectivity index (χ4v) is 3.16. The van der Waals surface area contributed by atoms with Gasteiger partial charge in [0.05, 0.1) is 6.04 Å². The molecule has 0 bridgehead atoms. The summed E-state index contributed by atoms with van der Waals surface area (Å²) in [4.78, 5) is 12.7. The van der Waals surface area contributed by atoms with Gasteiger partial charge in [-0.3, -0.25) is 4.79 Å². The van der Waals surface area contributed by atoms with Crippen molar-refractivity contribution in [3.63, 3.8) is 0 Å². The molecule has 0 aliphatic rings. The van der Waals surface area contributed by atoms with Crippen LogP contribution in [0.1, 0.15) is 44.4 Å². The Morgan fingerprint density at radius 3 is 2.33 bits per heavy atom. The number of hydrogen-bond acceptors (Lipinski definition) is 2. The Hall–Kier alpha value is -2.81. The summed E-state index contributed by atoms with van der Waals surface area (Å²) < 4.78 is 5.99. The minimum atomic E-state index is -0.511. The first kappa shape index (κ1) is 19.0. The quantitative estimate of drug-likeness (QED) is 0.609. The van der Waals surface area contributed by atoms with Crippen LogP contribution in [0.3, 0.4) is 0 Å². The minimum absolute atomic E-state index is 0.0577. The van der Waals surface area contributed by atoms with Gasteiger partial charge in [-0.25, -0.2) is 0 Å². The third-order valence-corrected chi connectivity index (χ3v) is 4.91. The standard InChI is InChI=1S/C24H27NO2/c1-4-18-10-12-19(13-11-18)17(3)25-24(26)23(5-2)27-22-15-14-20-8-6-7-9-21(20)16-22/h6-17,23H,4-5H2,1-3H3,(H,25,26). The molecule has 3 aromatic rings. The number of amides is 1. The fourth-order valence-electron chi connectivity index (χ4n) is 3.16. The van der Waals surface area contributed by atoms with Crippen molar-refractivity contribution in [3.8, 4) is 5.75 Å². The van der Waals surface area contributed by atoms with E-state index in [0.717, 1.165) is 28.5 Å². The lowest BCUT2D eigenvalue weighted by Crippen LogP contribution is -2.39. The SMILES string of the molecule is CCc1ccc(C(C)NC(=O)C(CC)Oc2ccc3ccccc3c2)cc1. The molecule has 0 fully saturated rings. The van der Waals surface area contributed by atoms with Crippen molar-refractivity contribution < 1.29 is 9.53 Å². The maximum absolute atomic E-state index is 12.7. The lowest BCUT2D eigenvalue weighted by atomic mass is 10.0. The molecule has 1 amide bonds. The topological polar surface area (TPSA) is 38.3 Å². The number of carbonyl (C=O) groups is 1. The molecule has 0 radical (unpaired) electrons. The Morgan fingerprint density at radius 2 is 1.67 bits per heavy atom. The van der Waals surface area contributed by atoms with E-state index in [9.17, 15) is 4.79 Å². The van der Waals surface area contributed by atoms with Crippen molar-refractivity contribution in [2.24, 2.45) is 0 Å². The number of carbonyl (C=O) groups excluding carboxylic acids is 1. The largest absolute Gasteiger partial charge is 0.481 e. The van der Waals surface area contributed by atoms with Crippen LogP contribution in [0, 0.1) is 0 Å². The van der Waals surface area contributed by atoms with Gasteiger partial charge in [-0.2, -0.15) is 0 Å². The maximum atomic E-state index is 12.7. The van der Waals surface area contributed by atoms with Gasteiger partial charge in [-0.15, -0.1) is 0 Å². The second kappa shape index (κ2) is 8.72. The van der Waals surface area contributed by atoms with Crippen LogP contribution < -0.4 is 10.1 Å². The first-order chi connectivity index (χ1) is 13.1. The number of fused-ring (bicyclic) bond motifs is 1. The molecule has 3 aromatic carbocycles. The third kappa shape index (κ3) is 4.68. The summed E-state index contributed by atoms with van der Waals surface area (Å²) in [6.07, 6.45) is 1.11. The molecule has 3 nitrogen and oxygen atoms in total. The summed E-state index contributed by atoms with van der Waals surface area (Å²) in [5, 5.41) is 5.34. The van der Waals surface area contributed by atoms with Crippen LogP contribution in [-0.2, 0) is 11.2 Å². The maximum Gasteiger partial charge on any atom is 0.261 e. The van der Waals surface area contributed by atoms with Crippen molar-refractivity contribution in [3.05, 3.63) is 77.9 Å². The highest BCUT2D eigenvalue weighted by Gasteiger charge is 2.20. The highest BCUT2D eigenvalue weighted by Crippen LogP contribution is 2.22. The van der Waals surface area contributed by atoms with Crippen LogP contribution in [0.25, 0.3) is 10.8 Å². The van der Waals surface area contributed by atoms with E-state index in [4.69, 9.17) is 4.74 Å². The Balaban J connectivity index is 1.67. The van der Waals surface area contributed by atoms with Gasteiger partial charge in [0.15, 0.2) is 6.10 Å². The Kier molecular flexibility index (Phi) is 6.12. The van der Waals surface area contributed by atoms with Gasteiger partial charge < -0.3 is 10.1 Å².